The molecule has 0 bridgehead atoms. The first-order valence-corrected chi connectivity index (χ1v) is 4.26. The second-order valence-electron chi connectivity index (χ2n) is 2.45. The van der Waals surface area contributed by atoms with E-state index in [1.54, 1.807) is 6.92 Å². The van der Waals surface area contributed by atoms with Gasteiger partial charge in [0.05, 0.1) is 17.8 Å². The quantitative estimate of drug-likeness (QED) is 0.738. The topological polar surface area (TPSA) is 70.4 Å². The van der Waals surface area contributed by atoms with Gasteiger partial charge in [-0.05, 0) is 0 Å². The highest BCUT2D eigenvalue weighted by atomic mass is 32.1. The van der Waals surface area contributed by atoms with E-state index in [4.69, 9.17) is 10.2 Å². The van der Waals surface area contributed by atoms with Crippen LogP contribution in [0.1, 0.15) is 27.5 Å². The number of rotatable bonds is 3. The second-order valence-corrected chi connectivity index (χ2v) is 3.51. The van der Waals surface area contributed by atoms with Crippen molar-refractivity contribution in [1.82, 2.24) is 4.98 Å². The summed E-state index contributed by atoms with van der Waals surface area (Å²) in [6, 6.07) is 0. The summed E-state index contributed by atoms with van der Waals surface area (Å²) < 4.78 is 0. The first-order chi connectivity index (χ1) is 5.65. The predicted molar refractivity (Wildman–Crippen MR) is 44.6 cm³/mol. The Morgan fingerprint density at radius 1 is 1.83 bits per heavy atom. The Labute approximate surface area is 73.5 Å². The van der Waals surface area contributed by atoms with Crippen LogP contribution in [0.3, 0.4) is 0 Å². The molecule has 0 radical (unpaired) electrons. The van der Waals surface area contributed by atoms with Crippen molar-refractivity contribution in [3.63, 3.8) is 0 Å². The van der Waals surface area contributed by atoms with Crippen molar-refractivity contribution in [2.75, 3.05) is 6.61 Å². The van der Waals surface area contributed by atoms with Gasteiger partial charge in [0.1, 0.15) is 4.88 Å². The number of thiazole rings is 1. The Bertz CT molecular complexity index is 284. The molecule has 5 heteroatoms. The molecule has 0 saturated carbocycles. The zero-order valence-corrected chi connectivity index (χ0v) is 7.34. The fourth-order valence-corrected chi connectivity index (χ4v) is 1.49. The number of carboxylic acids is 1. The van der Waals surface area contributed by atoms with E-state index < -0.39 is 5.97 Å². The lowest BCUT2D eigenvalue weighted by Crippen LogP contribution is -1.96. The van der Waals surface area contributed by atoms with E-state index in [2.05, 4.69) is 4.98 Å². The van der Waals surface area contributed by atoms with Crippen molar-refractivity contribution in [2.45, 2.75) is 12.8 Å². The van der Waals surface area contributed by atoms with E-state index in [0.29, 0.717) is 5.01 Å². The average molecular weight is 187 g/mol. The molecule has 1 unspecified atom stereocenters. The van der Waals surface area contributed by atoms with Crippen LogP contribution in [0, 0.1) is 0 Å². The largest absolute Gasteiger partial charge is 0.477 e. The number of aliphatic hydroxyl groups excluding tert-OH is 1. The SMILES string of the molecule is CC(CO)c1ncc(C(=O)O)s1. The highest BCUT2D eigenvalue weighted by molar-refractivity contribution is 7.13. The van der Waals surface area contributed by atoms with E-state index in [9.17, 15) is 4.79 Å². The van der Waals surface area contributed by atoms with Crippen LogP contribution < -0.4 is 0 Å². The number of nitrogens with zero attached hydrogens (tertiary/aromatic N) is 1. The van der Waals surface area contributed by atoms with Crippen LogP contribution in [-0.2, 0) is 0 Å². The van der Waals surface area contributed by atoms with Gasteiger partial charge in [-0.25, -0.2) is 9.78 Å². The molecular formula is C7H9NO3S. The molecule has 0 spiro atoms. The minimum absolute atomic E-state index is 0.00737. The van der Waals surface area contributed by atoms with E-state index in [-0.39, 0.29) is 17.4 Å². The lowest BCUT2D eigenvalue weighted by Gasteiger charge is -2.00. The standard InChI is InChI=1S/C7H9NO3S/c1-4(3-9)6-8-2-5(12-6)7(10)11/h2,4,9H,3H2,1H3,(H,10,11). The Morgan fingerprint density at radius 3 is 2.92 bits per heavy atom. The smallest absolute Gasteiger partial charge is 0.347 e. The van der Waals surface area contributed by atoms with Crippen LogP contribution in [0.2, 0.25) is 0 Å². The average Bonchev–Trinajstić information content (AvgIpc) is 2.51. The molecule has 0 amide bonds. The van der Waals surface area contributed by atoms with Crippen molar-refractivity contribution in [2.24, 2.45) is 0 Å². The van der Waals surface area contributed by atoms with Crippen LogP contribution in [0.4, 0.5) is 0 Å². The number of aliphatic hydroxyl groups is 1. The summed E-state index contributed by atoms with van der Waals surface area (Å²) in [5.41, 5.74) is 0. The third kappa shape index (κ3) is 1.80. The normalized spacial score (nSPS) is 12.8. The maximum Gasteiger partial charge on any atom is 0.347 e. The monoisotopic (exact) mass is 187 g/mol. The van der Waals surface area contributed by atoms with Crippen LogP contribution in [-0.4, -0.2) is 27.8 Å². The third-order valence-electron chi connectivity index (χ3n) is 1.43. The molecule has 1 aromatic rings. The van der Waals surface area contributed by atoms with Crippen LogP contribution in [0.25, 0.3) is 0 Å². The fraction of sp³-hybridized carbons (Fsp3) is 0.429. The van der Waals surface area contributed by atoms with Crippen molar-refractivity contribution >= 4 is 17.3 Å². The predicted octanol–water partition coefficient (Wildman–Crippen LogP) is 0.937. The summed E-state index contributed by atoms with van der Waals surface area (Å²) in [7, 11) is 0. The molecule has 4 nitrogen and oxygen atoms in total. The van der Waals surface area contributed by atoms with Gasteiger partial charge in [-0.15, -0.1) is 11.3 Å². The van der Waals surface area contributed by atoms with E-state index in [0.717, 1.165) is 11.3 Å². The molecule has 1 atom stereocenters. The van der Waals surface area contributed by atoms with Gasteiger partial charge < -0.3 is 10.2 Å². The Kier molecular flexibility index (Phi) is 2.78. The third-order valence-corrected chi connectivity index (χ3v) is 2.65. The van der Waals surface area contributed by atoms with Gasteiger partial charge in [0.15, 0.2) is 0 Å². The minimum atomic E-state index is -0.969. The van der Waals surface area contributed by atoms with Crippen molar-refractivity contribution < 1.29 is 15.0 Å². The maximum atomic E-state index is 10.4. The van der Waals surface area contributed by atoms with Gasteiger partial charge in [0.25, 0.3) is 0 Å². The Hall–Kier alpha value is -0.940. The minimum Gasteiger partial charge on any atom is -0.477 e. The molecule has 0 fully saturated rings. The molecule has 0 aliphatic carbocycles. The molecule has 0 aliphatic rings. The van der Waals surface area contributed by atoms with Crippen molar-refractivity contribution in [3.8, 4) is 0 Å². The number of hydrogen-bond acceptors (Lipinski definition) is 4. The molecule has 2 N–H and O–H groups in total. The highest BCUT2D eigenvalue weighted by Crippen LogP contribution is 2.20. The van der Waals surface area contributed by atoms with Crippen LogP contribution in [0.5, 0.6) is 0 Å². The maximum absolute atomic E-state index is 10.4. The Balaban J connectivity index is 2.84. The number of carbonyl (C=O) groups is 1. The number of hydrogen-bond donors (Lipinski definition) is 2. The molecule has 0 aromatic carbocycles. The number of carboxylic acid groups (broad SMARTS) is 1. The van der Waals surface area contributed by atoms with Gasteiger partial charge in [0, 0.05) is 5.92 Å². The molecule has 0 saturated heterocycles. The second kappa shape index (κ2) is 3.64. The first kappa shape index (κ1) is 9.15. The highest BCUT2D eigenvalue weighted by Gasteiger charge is 2.12. The van der Waals surface area contributed by atoms with Crippen LogP contribution in [0.15, 0.2) is 6.20 Å². The number of aromatic carboxylic acids is 1. The van der Waals surface area contributed by atoms with Crippen molar-refractivity contribution in [3.05, 3.63) is 16.1 Å². The van der Waals surface area contributed by atoms with Gasteiger partial charge >= 0.3 is 5.97 Å². The summed E-state index contributed by atoms with van der Waals surface area (Å²) in [6.45, 7) is 1.79. The van der Waals surface area contributed by atoms with Gasteiger partial charge in [-0.3, -0.25) is 0 Å². The Morgan fingerprint density at radius 2 is 2.50 bits per heavy atom. The van der Waals surface area contributed by atoms with Gasteiger partial charge in [-0.1, -0.05) is 6.92 Å². The summed E-state index contributed by atoms with van der Waals surface area (Å²) in [5.74, 6) is -1.05. The first-order valence-electron chi connectivity index (χ1n) is 3.45. The summed E-state index contributed by atoms with van der Waals surface area (Å²) >= 11 is 1.10. The summed E-state index contributed by atoms with van der Waals surface area (Å²) in [5, 5.41) is 18.0. The molecule has 66 valence electrons. The molecule has 1 aromatic heterocycles. The van der Waals surface area contributed by atoms with Gasteiger partial charge in [-0.2, -0.15) is 0 Å². The molecule has 1 rings (SSSR count). The molecule has 0 aliphatic heterocycles. The van der Waals surface area contributed by atoms with Crippen molar-refractivity contribution in [1.29, 1.82) is 0 Å². The van der Waals surface area contributed by atoms with E-state index in [1.807, 2.05) is 0 Å². The zero-order valence-electron chi connectivity index (χ0n) is 6.52. The van der Waals surface area contributed by atoms with E-state index >= 15 is 0 Å². The lowest BCUT2D eigenvalue weighted by molar-refractivity contribution is 0.0702. The fourth-order valence-electron chi connectivity index (χ4n) is 0.692. The lowest BCUT2D eigenvalue weighted by atomic mass is 10.2. The van der Waals surface area contributed by atoms with Crippen LogP contribution >= 0.6 is 11.3 Å². The zero-order chi connectivity index (χ0) is 9.14. The molecular weight excluding hydrogens is 178 g/mol. The summed E-state index contributed by atoms with van der Waals surface area (Å²) in [4.78, 5) is 14.5. The summed E-state index contributed by atoms with van der Waals surface area (Å²) in [6.07, 6.45) is 1.31. The molecule has 1 heterocycles. The number of aromatic nitrogens is 1. The van der Waals surface area contributed by atoms with E-state index in [1.165, 1.54) is 6.20 Å². The van der Waals surface area contributed by atoms with Gasteiger partial charge in [0.2, 0.25) is 0 Å². The molecule has 12 heavy (non-hydrogen) atoms.